The van der Waals surface area contributed by atoms with Crippen molar-refractivity contribution in [2.45, 2.75) is 33.2 Å². The number of rotatable bonds is 8. The molecule has 0 aliphatic rings. The molecule has 0 spiro atoms. The average Bonchev–Trinajstić information content (AvgIpc) is 2.54. The molecule has 0 heterocycles. The molecular weight excluding hydrogens is 282 g/mol. The highest BCUT2D eigenvalue weighted by Gasteiger charge is 2.21. The van der Waals surface area contributed by atoms with Gasteiger partial charge < -0.3 is 14.4 Å². The van der Waals surface area contributed by atoms with E-state index in [1.54, 1.807) is 18.9 Å². The number of benzene rings is 1. The maximum atomic E-state index is 12.3. The van der Waals surface area contributed by atoms with Crippen LogP contribution in [0.5, 0.6) is 5.75 Å². The Morgan fingerprint density at radius 3 is 2.32 bits per heavy atom. The minimum Gasteiger partial charge on any atom is -0.497 e. The van der Waals surface area contributed by atoms with E-state index >= 15 is 0 Å². The smallest absolute Gasteiger partial charge is 0.310 e. The van der Waals surface area contributed by atoms with Crippen LogP contribution in [0.4, 0.5) is 0 Å². The predicted octanol–water partition coefficient (Wildman–Crippen LogP) is 2.63. The summed E-state index contributed by atoms with van der Waals surface area (Å²) in [5.41, 5.74) is 1.00. The molecule has 122 valence electrons. The maximum Gasteiger partial charge on any atom is 0.310 e. The average molecular weight is 307 g/mol. The maximum absolute atomic E-state index is 12.3. The van der Waals surface area contributed by atoms with Crippen LogP contribution in [0, 0.1) is 5.92 Å². The predicted molar refractivity (Wildman–Crippen MR) is 84.5 cm³/mol. The fraction of sp³-hybridized carbons (Fsp3) is 0.529. The van der Waals surface area contributed by atoms with E-state index in [4.69, 9.17) is 9.47 Å². The van der Waals surface area contributed by atoms with Crippen LogP contribution >= 0.6 is 0 Å². The lowest BCUT2D eigenvalue weighted by molar-refractivity contribution is -0.146. The van der Waals surface area contributed by atoms with Gasteiger partial charge in [-0.3, -0.25) is 9.59 Å². The van der Waals surface area contributed by atoms with Crippen molar-refractivity contribution in [3.63, 3.8) is 0 Å². The lowest BCUT2D eigenvalue weighted by atomic mass is 10.1. The first-order chi connectivity index (χ1) is 10.5. The monoisotopic (exact) mass is 307 g/mol. The van der Waals surface area contributed by atoms with E-state index in [0.29, 0.717) is 19.5 Å². The molecule has 0 fully saturated rings. The summed E-state index contributed by atoms with van der Waals surface area (Å²) < 4.78 is 9.87. The van der Waals surface area contributed by atoms with Gasteiger partial charge in [0.15, 0.2) is 0 Å². The lowest BCUT2D eigenvalue weighted by Crippen LogP contribution is -2.36. The third kappa shape index (κ3) is 5.39. The fourth-order valence-corrected chi connectivity index (χ4v) is 2.18. The number of hydrogen-bond acceptors (Lipinski definition) is 4. The minimum absolute atomic E-state index is 0.0501. The van der Waals surface area contributed by atoms with Gasteiger partial charge in [0.25, 0.3) is 0 Å². The molecular formula is C17H25NO4. The Morgan fingerprint density at radius 1 is 1.18 bits per heavy atom. The molecule has 1 amide bonds. The zero-order chi connectivity index (χ0) is 16.5. The lowest BCUT2D eigenvalue weighted by Gasteiger charge is -2.25. The third-order valence-corrected chi connectivity index (χ3v) is 3.45. The van der Waals surface area contributed by atoms with Crippen molar-refractivity contribution < 1.29 is 19.1 Å². The van der Waals surface area contributed by atoms with Crippen molar-refractivity contribution in [1.29, 1.82) is 0 Å². The highest BCUT2D eigenvalue weighted by Crippen LogP contribution is 2.15. The molecule has 1 aromatic rings. The Hall–Kier alpha value is -2.04. The van der Waals surface area contributed by atoms with Crippen LogP contribution in [-0.4, -0.2) is 37.5 Å². The second-order valence-electron chi connectivity index (χ2n) is 5.30. The van der Waals surface area contributed by atoms with Gasteiger partial charge in [-0.15, -0.1) is 0 Å². The molecule has 1 rings (SSSR count). The molecule has 5 heteroatoms. The molecule has 1 unspecified atom stereocenters. The Balaban J connectivity index is 2.80. The van der Waals surface area contributed by atoms with Gasteiger partial charge in [0, 0.05) is 19.5 Å². The van der Waals surface area contributed by atoms with Crippen LogP contribution < -0.4 is 4.74 Å². The van der Waals surface area contributed by atoms with Crippen molar-refractivity contribution in [1.82, 2.24) is 4.90 Å². The van der Waals surface area contributed by atoms with Crippen LogP contribution in [-0.2, 0) is 20.9 Å². The number of carbonyl (C=O) groups is 2. The zero-order valence-electron chi connectivity index (χ0n) is 13.8. The first kappa shape index (κ1) is 18.0. The van der Waals surface area contributed by atoms with Crippen LogP contribution in [0.3, 0.4) is 0 Å². The fourth-order valence-electron chi connectivity index (χ4n) is 2.18. The van der Waals surface area contributed by atoms with E-state index in [1.165, 1.54) is 7.11 Å². The normalized spacial score (nSPS) is 11.6. The van der Waals surface area contributed by atoms with Crippen LogP contribution in [0.2, 0.25) is 0 Å². The molecule has 1 atom stereocenters. The van der Waals surface area contributed by atoms with Gasteiger partial charge in [0.1, 0.15) is 5.75 Å². The summed E-state index contributed by atoms with van der Waals surface area (Å²) in [6, 6.07) is 7.57. The highest BCUT2D eigenvalue weighted by molar-refractivity contribution is 5.78. The Morgan fingerprint density at radius 2 is 1.82 bits per heavy atom. The van der Waals surface area contributed by atoms with Crippen molar-refractivity contribution in [3.05, 3.63) is 29.8 Å². The number of esters is 1. The number of amides is 1. The van der Waals surface area contributed by atoms with Gasteiger partial charge in [-0.1, -0.05) is 26.0 Å². The van der Waals surface area contributed by atoms with E-state index in [9.17, 15) is 9.59 Å². The highest BCUT2D eigenvalue weighted by atomic mass is 16.5. The topological polar surface area (TPSA) is 55.8 Å². The number of nitrogens with zero attached hydrogens (tertiary/aromatic N) is 1. The molecule has 0 N–H and O–H groups in total. The first-order valence-corrected chi connectivity index (χ1v) is 7.50. The van der Waals surface area contributed by atoms with Crippen molar-refractivity contribution in [3.8, 4) is 5.75 Å². The van der Waals surface area contributed by atoms with Crippen molar-refractivity contribution in [2.75, 3.05) is 20.8 Å². The Bertz CT molecular complexity index is 484. The SMILES string of the molecule is CCCC(=O)N(Cc1ccc(OC)cc1)CC(C)C(=O)OC. The number of carbonyl (C=O) groups excluding carboxylic acids is 2. The summed E-state index contributed by atoms with van der Waals surface area (Å²) >= 11 is 0. The summed E-state index contributed by atoms with van der Waals surface area (Å²) in [6.07, 6.45) is 1.26. The van der Waals surface area contributed by atoms with Crippen LogP contribution in [0.1, 0.15) is 32.3 Å². The van der Waals surface area contributed by atoms with E-state index in [-0.39, 0.29) is 17.8 Å². The van der Waals surface area contributed by atoms with Crippen LogP contribution in [0.25, 0.3) is 0 Å². The minimum atomic E-state index is -0.343. The molecule has 22 heavy (non-hydrogen) atoms. The van der Waals surface area contributed by atoms with E-state index in [1.807, 2.05) is 31.2 Å². The zero-order valence-corrected chi connectivity index (χ0v) is 13.8. The number of methoxy groups -OCH3 is 2. The second-order valence-corrected chi connectivity index (χ2v) is 5.30. The van der Waals surface area contributed by atoms with E-state index < -0.39 is 0 Å². The van der Waals surface area contributed by atoms with Gasteiger partial charge in [0.05, 0.1) is 20.1 Å². The van der Waals surface area contributed by atoms with E-state index in [0.717, 1.165) is 17.7 Å². The molecule has 0 bridgehead atoms. The van der Waals surface area contributed by atoms with Gasteiger partial charge in [-0.25, -0.2) is 0 Å². The summed E-state index contributed by atoms with van der Waals surface area (Å²) in [4.78, 5) is 25.6. The van der Waals surface area contributed by atoms with Crippen molar-refractivity contribution >= 4 is 11.9 Å². The van der Waals surface area contributed by atoms with Crippen molar-refractivity contribution in [2.24, 2.45) is 5.92 Å². The largest absolute Gasteiger partial charge is 0.497 e. The number of ether oxygens (including phenoxy) is 2. The van der Waals surface area contributed by atoms with E-state index in [2.05, 4.69) is 0 Å². The van der Waals surface area contributed by atoms with Gasteiger partial charge in [-0.05, 0) is 24.1 Å². The summed E-state index contributed by atoms with van der Waals surface area (Å²) in [7, 11) is 2.98. The molecule has 0 aromatic heterocycles. The Kier molecular flexibility index (Phi) is 7.43. The quantitative estimate of drug-likeness (QED) is 0.693. The molecule has 0 radical (unpaired) electrons. The molecule has 1 aromatic carbocycles. The van der Waals surface area contributed by atoms with Gasteiger partial charge in [0.2, 0.25) is 5.91 Å². The standard InChI is InChI=1S/C17H25NO4/c1-5-6-16(19)18(11-13(2)17(20)22-4)12-14-7-9-15(21-3)10-8-14/h7-10,13H,5-6,11-12H2,1-4H3. The second kappa shape index (κ2) is 9.07. The molecule has 0 saturated heterocycles. The third-order valence-electron chi connectivity index (χ3n) is 3.45. The summed E-state index contributed by atoms with van der Waals surface area (Å²) in [6.45, 7) is 4.57. The summed E-state index contributed by atoms with van der Waals surface area (Å²) in [5.74, 6) is 0.181. The molecule has 0 aliphatic carbocycles. The van der Waals surface area contributed by atoms with Gasteiger partial charge >= 0.3 is 5.97 Å². The van der Waals surface area contributed by atoms with Crippen LogP contribution in [0.15, 0.2) is 24.3 Å². The molecule has 5 nitrogen and oxygen atoms in total. The molecule has 0 aliphatic heterocycles. The Labute approximate surface area is 132 Å². The first-order valence-electron chi connectivity index (χ1n) is 7.50. The number of hydrogen-bond donors (Lipinski definition) is 0. The molecule has 0 saturated carbocycles. The van der Waals surface area contributed by atoms with Gasteiger partial charge in [-0.2, -0.15) is 0 Å². The summed E-state index contributed by atoms with van der Waals surface area (Å²) in [5, 5.41) is 0.